The molecule has 0 fully saturated rings. The summed E-state index contributed by atoms with van der Waals surface area (Å²) in [5.74, 6) is 1.01. The number of nitrogens with one attached hydrogen (secondary N) is 2. The molecule has 0 saturated heterocycles. The summed E-state index contributed by atoms with van der Waals surface area (Å²) in [6.45, 7) is 5.75. The zero-order chi connectivity index (χ0) is 20.6. The van der Waals surface area contributed by atoms with Crippen LogP contribution in [0, 0.1) is 12.7 Å². The van der Waals surface area contributed by atoms with Gasteiger partial charge in [-0.25, -0.2) is 17.8 Å². The maximum absolute atomic E-state index is 13.3. The third-order valence-electron chi connectivity index (χ3n) is 3.90. The van der Waals surface area contributed by atoms with E-state index < -0.39 is 9.84 Å². The molecule has 2 N–H and O–H groups in total. The Morgan fingerprint density at radius 2 is 1.86 bits per heavy atom. The van der Waals surface area contributed by atoms with Gasteiger partial charge < -0.3 is 15.4 Å². The van der Waals surface area contributed by atoms with Crippen LogP contribution in [0.2, 0.25) is 0 Å². The largest absolute Gasteiger partial charge is 0.492 e. The second kappa shape index (κ2) is 10.1. The number of aryl methyl sites for hydroxylation is 1. The summed E-state index contributed by atoms with van der Waals surface area (Å²) < 4.78 is 41.9. The lowest BCUT2D eigenvalue weighted by molar-refractivity contribution is 0.321. The van der Waals surface area contributed by atoms with Crippen molar-refractivity contribution in [1.82, 2.24) is 10.6 Å². The van der Waals surface area contributed by atoms with Crippen molar-refractivity contribution < 1.29 is 17.5 Å². The average Bonchev–Trinajstić information content (AvgIpc) is 2.65. The highest BCUT2D eigenvalue weighted by molar-refractivity contribution is 7.90. The minimum atomic E-state index is -3.21. The molecule has 0 saturated carbocycles. The molecular weight excluding hydrogens is 381 g/mol. The van der Waals surface area contributed by atoms with E-state index >= 15 is 0 Å². The van der Waals surface area contributed by atoms with Crippen molar-refractivity contribution in [3.8, 4) is 5.75 Å². The fraction of sp³-hybridized carbons (Fsp3) is 0.350. The van der Waals surface area contributed by atoms with Crippen molar-refractivity contribution in [2.45, 2.75) is 25.3 Å². The van der Waals surface area contributed by atoms with Crippen LogP contribution in [0.25, 0.3) is 0 Å². The van der Waals surface area contributed by atoms with Gasteiger partial charge in [-0.15, -0.1) is 0 Å². The highest BCUT2D eigenvalue weighted by Gasteiger charge is 2.06. The van der Waals surface area contributed by atoms with Crippen LogP contribution in [0.3, 0.4) is 0 Å². The van der Waals surface area contributed by atoms with Crippen LogP contribution in [0.15, 0.2) is 52.4 Å². The van der Waals surface area contributed by atoms with Gasteiger partial charge in [0.2, 0.25) is 0 Å². The quantitative estimate of drug-likeness (QED) is 0.400. The molecule has 0 radical (unpaired) electrons. The van der Waals surface area contributed by atoms with Crippen molar-refractivity contribution in [2.75, 3.05) is 26.0 Å². The number of hydrogen-bond acceptors (Lipinski definition) is 4. The van der Waals surface area contributed by atoms with Gasteiger partial charge >= 0.3 is 0 Å². The Morgan fingerprint density at radius 1 is 1.14 bits per heavy atom. The first-order chi connectivity index (χ1) is 13.3. The average molecular weight is 408 g/mol. The van der Waals surface area contributed by atoms with Crippen molar-refractivity contribution >= 4 is 15.8 Å². The molecule has 0 amide bonds. The van der Waals surface area contributed by atoms with E-state index in [0.29, 0.717) is 43.5 Å². The Morgan fingerprint density at radius 3 is 2.46 bits per heavy atom. The van der Waals surface area contributed by atoms with Crippen LogP contribution in [0.5, 0.6) is 5.75 Å². The Hall–Kier alpha value is -2.61. The lowest BCUT2D eigenvalue weighted by Gasteiger charge is -2.12. The van der Waals surface area contributed by atoms with E-state index in [1.54, 1.807) is 31.2 Å². The van der Waals surface area contributed by atoms with Gasteiger partial charge in [-0.1, -0.05) is 12.1 Å². The van der Waals surface area contributed by atoms with E-state index in [4.69, 9.17) is 4.74 Å². The van der Waals surface area contributed by atoms with Gasteiger partial charge in [0.1, 0.15) is 18.2 Å². The minimum Gasteiger partial charge on any atom is -0.492 e. The van der Waals surface area contributed by atoms with E-state index in [0.717, 1.165) is 5.56 Å². The number of sulfone groups is 1. The van der Waals surface area contributed by atoms with Gasteiger partial charge in [-0.2, -0.15) is 0 Å². The molecule has 0 aliphatic heterocycles. The Kier molecular flexibility index (Phi) is 7.80. The first-order valence-electron chi connectivity index (χ1n) is 8.99. The molecule has 0 atom stereocenters. The summed E-state index contributed by atoms with van der Waals surface area (Å²) in [7, 11) is -3.21. The summed E-state index contributed by atoms with van der Waals surface area (Å²) in [5, 5.41) is 6.31. The molecule has 2 aromatic carbocycles. The first kappa shape index (κ1) is 21.7. The number of nitrogens with zero attached hydrogens (tertiary/aromatic N) is 1. The van der Waals surface area contributed by atoms with Crippen LogP contribution < -0.4 is 15.4 Å². The molecule has 0 aliphatic rings. The molecule has 0 heterocycles. The van der Waals surface area contributed by atoms with Crippen LogP contribution >= 0.6 is 0 Å². The van der Waals surface area contributed by atoms with E-state index in [9.17, 15) is 12.8 Å². The van der Waals surface area contributed by atoms with Gasteiger partial charge in [0, 0.05) is 12.8 Å². The molecule has 6 nitrogen and oxygen atoms in total. The summed E-state index contributed by atoms with van der Waals surface area (Å²) in [4.78, 5) is 4.75. The number of hydrogen-bond donors (Lipinski definition) is 2. The normalized spacial score (nSPS) is 11.9. The summed E-state index contributed by atoms with van der Waals surface area (Å²) >= 11 is 0. The first-order valence-corrected chi connectivity index (χ1v) is 10.9. The Bertz CT molecular complexity index is 913. The standard InChI is InChI=1S/C20H26FN3O3S/c1-4-22-20(24-14-16-5-10-19(21)15(2)13-16)23-11-12-27-17-6-8-18(9-7-17)28(3,25)26/h5-10,13H,4,11-12,14H2,1-3H3,(H2,22,23,24). The van der Waals surface area contributed by atoms with E-state index in [-0.39, 0.29) is 10.7 Å². The molecule has 2 aromatic rings. The number of rotatable bonds is 8. The molecule has 0 bridgehead atoms. The maximum atomic E-state index is 13.3. The molecule has 152 valence electrons. The van der Waals surface area contributed by atoms with Gasteiger partial charge in [-0.3, -0.25) is 0 Å². The van der Waals surface area contributed by atoms with Crippen molar-refractivity contribution in [2.24, 2.45) is 4.99 Å². The molecule has 0 spiro atoms. The Balaban J connectivity index is 1.84. The maximum Gasteiger partial charge on any atom is 0.191 e. The third kappa shape index (κ3) is 6.84. The summed E-state index contributed by atoms with van der Waals surface area (Å²) in [6, 6.07) is 11.3. The third-order valence-corrected chi connectivity index (χ3v) is 5.03. The fourth-order valence-electron chi connectivity index (χ4n) is 2.44. The molecule has 2 rings (SSSR count). The zero-order valence-electron chi connectivity index (χ0n) is 16.3. The van der Waals surface area contributed by atoms with Crippen molar-refractivity contribution in [3.63, 3.8) is 0 Å². The highest BCUT2D eigenvalue weighted by Crippen LogP contribution is 2.15. The second-order valence-electron chi connectivity index (χ2n) is 6.30. The summed E-state index contributed by atoms with van der Waals surface area (Å²) in [5.41, 5.74) is 1.53. The highest BCUT2D eigenvalue weighted by atomic mass is 32.2. The number of guanidine groups is 1. The van der Waals surface area contributed by atoms with Crippen molar-refractivity contribution in [3.05, 3.63) is 59.4 Å². The van der Waals surface area contributed by atoms with E-state index in [1.807, 2.05) is 6.92 Å². The lowest BCUT2D eigenvalue weighted by atomic mass is 10.1. The van der Waals surface area contributed by atoms with E-state index in [1.165, 1.54) is 24.5 Å². The molecule has 0 aliphatic carbocycles. The van der Waals surface area contributed by atoms with Gasteiger partial charge in [0.15, 0.2) is 15.8 Å². The fourth-order valence-corrected chi connectivity index (χ4v) is 3.07. The van der Waals surface area contributed by atoms with E-state index in [2.05, 4.69) is 15.6 Å². The van der Waals surface area contributed by atoms with Crippen LogP contribution in [-0.4, -0.2) is 40.3 Å². The second-order valence-corrected chi connectivity index (χ2v) is 8.31. The van der Waals surface area contributed by atoms with Crippen LogP contribution in [0.4, 0.5) is 4.39 Å². The lowest BCUT2D eigenvalue weighted by Crippen LogP contribution is -2.39. The molecule has 0 unspecified atom stereocenters. The predicted molar refractivity (Wildman–Crippen MR) is 109 cm³/mol. The topological polar surface area (TPSA) is 79.8 Å². The summed E-state index contributed by atoms with van der Waals surface area (Å²) in [6.07, 6.45) is 1.17. The zero-order valence-corrected chi connectivity index (χ0v) is 17.1. The number of halogens is 1. The minimum absolute atomic E-state index is 0.223. The number of benzene rings is 2. The molecular formula is C20H26FN3O3S. The number of aliphatic imine (C=N–C) groups is 1. The van der Waals surface area contributed by atoms with Gasteiger partial charge in [-0.05, 0) is 55.3 Å². The number of ether oxygens (including phenoxy) is 1. The smallest absolute Gasteiger partial charge is 0.191 e. The SMILES string of the molecule is CCNC(=NCc1ccc(F)c(C)c1)NCCOc1ccc(S(C)(=O)=O)cc1. The molecule has 0 aromatic heterocycles. The van der Waals surface area contributed by atoms with Crippen LogP contribution in [-0.2, 0) is 16.4 Å². The predicted octanol–water partition coefficient (Wildman–Crippen LogP) is 2.67. The van der Waals surface area contributed by atoms with Gasteiger partial charge in [0.05, 0.1) is 18.0 Å². The Labute approximate surface area is 165 Å². The molecule has 28 heavy (non-hydrogen) atoms. The monoisotopic (exact) mass is 407 g/mol. The van der Waals surface area contributed by atoms with Crippen LogP contribution in [0.1, 0.15) is 18.1 Å². The van der Waals surface area contributed by atoms with Gasteiger partial charge in [0.25, 0.3) is 0 Å². The van der Waals surface area contributed by atoms with Crippen molar-refractivity contribution in [1.29, 1.82) is 0 Å². The molecule has 8 heteroatoms.